The third-order valence-electron chi connectivity index (χ3n) is 2.33. The van der Waals surface area contributed by atoms with Gasteiger partial charge in [-0.2, -0.15) is 0 Å². The highest BCUT2D eigenvalue weighted by Crippen LogP contribution is 2.28. The lowest BCUT2D eigenvalue weighted by Crippen LogP contribution is -2.34. The molecule has 0 amide bonds. The second-order valence-corrected chi connectivity index (χ2v) is 3.64. The van der Waals surface area contributed by atoms with Gasteiger partial charge >= 0.3 is 0 Å². The normalized spacial score (nSPS) is 26.6. The zero-order valence-electron chi connectivity index (χ0n) is 7.50. The Hall–Kier alpha value is -1.19. The third kappa shape index (κ3) is 1.94. The molecule has 0 aliphatic heterocycles. The summed E-state index contributed by atoms with van der Waals surface area (Å²) in [6.07, 6.45) is 4.66. The molecular formula is C9H12FN3. The fourth-order valence-corrected chi connectivity index (χ4v) is 1.59. The third-order valence-corrected chi connectivity index (χ3v) is 2.33. The van der Waals surface area contributed by atoms with Gasteiger partial charge in [0.1, 0.15) is 0 Å². The predicted molar refractivity (Wildman–Crippen MR) is 47.8 cm³/mol. The maximum absolute atomic E-state index is 12.4. The molecule has 13 heavy (non-hydrogen) atoms. The fourth-order valence-electron chi connectivity index (χ4n) is 1.59. The Bertz CT molecular complexity index is 279. The molecule has 1 N–H and O–H groups in total. The minimum Gasteiger partial charge on any atom is -0.351 e. The molecule has 1 heterocycles. The number of hydrogen-bond donors (Lipinski definition) is 1. The van der Waals surface area contributed by atoms with Gasteiger partial charge in [0, 0.05) is 6.04 Å². The molecule has 3 nitrogen and oxygen atoms in total. The molecule has 0 radical (unpaired) electrons. The van der Waals surface area contributed by atoms with Crippen LogP contribution < -0.4 is 5.32 Å². The number of halogens is 1. The second kappa shape index (κ2) is 3.28. The molecule has 1 fully saturated rings. The van der Waals surface area contributed by atoms with Crippen LogP contribution in [-0.2, 0) is 0 Å². The lowest BCUT2D eigenvalue weighted by Gasteiger charge is -2.33. The quantitative estimate of drug-likeness (QED) is 0.756. The van der Waals surface area contributed by atoms with Crippen LogP contribution >= 0.6 is 0 Å². The summed E-state index contributed by atoms with van der Waals surface area (Å²) in [5.74, 6) is 0.920. The summed E-state index contributed by atoms with van der Waals surface area (Å²) in [4.78, 5) is 7.66. The molecule has 1 aromatic rings. The van der Waals surface area contributed by atoms with Crippen molar-refractivity contribution in [1.29, 1.82) is 0 Å². The van der Waals surface area contributed by atoms with E-state index >= 15 is 0 Å². The Morgan fingerprint density at radius 1 is 1.38 bits per heavy atom. The Kier molecular flexibility index (Phi) is 2.12. The Balaban J connectivity index is 1.91. The van der Waals surface area contributed by atoms with Crippen molar-refractivity contribution in [3.8, 4) is 0 Å². The van der Waals surface area contributed by atoms with E-state index in [1.807, 2.05) is 0 Å². The standard InChI is InChI=1S/C9H12FN3/c1-6-2-8(3-6)13-9-11-4-7(10)5-12-9/h4-6,8H,2-3H2,1H3,(H,11,12,13). The van der Waals surface area contributed by atoms with E-state index < -0.39 is 5.82 Å². The lowest BCUT2D eigenvalue weighted by atomic mass is 9.82. The van der Waals surface area contributed by atoms with Crippen molar-refractivity contribution in [2.45, 2.75) is 25.8 Å². The molecule has 4 heteroatoms. The van der Waals surface area contributed by atoms with Gasteiger partial charge < -0.3 is 5.32 Å². The van der Waals surface area contributed by atoms with E-state index in [1.54, 1.807) is 0 Å². The summed E-state index contributed by atoms with van der Waals surface area (Å²) < 4.78 is 12.4. The summed E-state index contributed by atoms with van der Waals surface area (Å²) in [5.41, 5.74) is 0. The maximum atomic E-state index is 12.4. The molecule has 1 aliphatic carbocycles. The summed E-state index contributed by atoms with van der Waals surface area (Å²) in [6.45, 7) is 2.21. The van der Waals surface area contributed by atoms with Crippen molar-refractivity contribution in [2.75, 3.05) is 5.32 Å². The predicted octanol–water partition coefficient (Wildman–Crippen LogP) is 1.83. The van der Waals surface area contributed by atoms with E-state index in [0.717, 1.165) is 18.8 Å². The molecule has 1 aliphatic rings. The van der Waals surface area contributed by atoms with Crippen molar-refractivity contribution in [3.63, 3.8) is 0 Å². The number of rotatable bonds is 2. The number of nitrogens with one attached hydrogen (secondary N) is 1. The minimum atomic E-state index is -0.396. The topological polar surface area (TPSA) is 37.8 Å². The molecular weight excluding hydrogens is 169 g/mol. The van der Waals surface area contributed by atoms with Gasteiger partial charge in [-0.25, -0.2) is 14.4 Å². The monoisotopic (exact) mass is 181 g/mol. The van der Waals surface area contributed by atoms with Crippen molar-refractivity contribution < 1.29 is 4.39 Å². The average molecular weight is 181 g/mol. The molecule has 2 rings (SSSR count). The van der Waals surface area contributed by atoms with Crippen LogP contribution in [0.4, 0.5) is 10.3 Å². The highest BCUT2D eigenvalue weighted by atomic mass is 19.1. The molecule has 0 bridgehead atoms. The molecule has 1 aromatic heterocycles. The minimum absolute atomic E-state index is 0.396. The van der Waals surface area contributed by atoms with Crippen LogP contribution in [0, 0.1) is 11.7 Å². The van der Waals surface area contributed by atoms with E-state index in [2.05, 4.69) is 22.2 Å². The van der Waals surface area contributed by atoms with Crippen LogP contribution in [0.3, 0.4) is 0 Å². The molecule has 70 valence electrons. The Labute approximate surface area is 76.4 Å². The first-order valence-corrected chi connectivity index (χ1v) is 4.48. The summed E-state index contributed by atoms with van der Waals surface area (Å²) in [7, 11) is 0. The summed E-state index contributed by atoms with van der Waals surface area (Å²) >= 11 is 0. The first-order valence-electron chi connectivity index (χ1n) is 4.48. The van der Waals surface area contributed by atoms with Crippen LogP contribution in [0.15, 0.2) is 12.4 Å². The largest absolute Gasteiger partial charge is 0.351 e. The molecule has 0 spiro atoms. The molecule has 0 saturated heterocycles. The SMILES string of the molecule is CC1CC(Nc2ncc(F)cn2)C1. The van der Waals surface area contributed by atoms with E-state index in [1.165, 1.54) is 12.4 Å². The van der Waals surface area contributed by atoms with Crippen LogP contribution in [-0.4, -0.2) is 16.0 Å². The average Bonchev–Trinajstić information content (AvgIpc) is 2.06. The first kappa shape index (κ1) is 8.41. The van der Waals surface area contributed by atoms with E-state index in [-0.39, 0.29) is 0 Å². The molecule has 1 saturated carbocycles. The van der Waals surface area contributed by atoms with Gasteiger partial charge in [0.05, 0.1) is 12.4 Å². The molecule has 0 unspecified atom stereocenters. The van der Waals surface area contributed by atoms with Crippen molar-refractivity contribution in [2.24, 2.45) is 5.92 Å². The van der Waals surface area contributed by atoms with Gasteiger partial charge in [-0.3, -0.25) is 0 Å². The van der Waals surface area contributed by atoms with E-state index in [0.29, 0.717) is 12.0 Å². The van der Waals surface area contributed by atoms with Crippen LogP contribution in [0.25, 0.3) is 0 Å². The van der Waals surface area contributed by atoms with Crippen molar-refractivity contribution >= 4 is 5.95 Å². The zero-order chi connectivity index (χ0) is 9.26. The van der Waals surface area contributed by atoms with Crippen LogP contribution in [0.2, 0.25) is 0 Å². The highest BCUT2D eigenvalue weighted by molar-refractivity contribution is 5.25. The number of aromatic nitrogens is 2. The maximum Gasteiger partial charge on any atom is 0.222 e. The van der Waals surface area contributed by atoms with E-state index in [4.69, 9.17) is 0 Å². The van der Waals surface area contributed by atoms with Crippen molar-refractivity contribution in [1.82, 2.24) is 9.97 Å². The number of hydrogen-bond acceptors (Lipinski definition) is 3. The smallest absolute Gasteiger partial charge is 0.222 e. The van der Waals surface area contributed by atoms with Gasteiger partial charge in [-0.15, -0.1) is 0 Å². The second-order valence-electron chi connectivity index (χ2n) is 3.64. The summed E-state index contributed by atoms with van der Waals surface area (Å²) in [6, 6.07) is 0.473. The van der Waals surface area contributed by atoms with Crippen LogP contribution in [0.1, 0.15) is 19.8 Å². The molecule has 0 atom stereocenters. The Morgan fingerprint density at radius 2 is 2.00 bits per heavy atom. The lowest BCUT2D eigenvalue weighted by molar-refractivity contribution is 0.308. The molecule has 0 aromatic carbocycles. The fraction of sp³-hybridized carbons (Fsp3) is 0.556. The van der Waals surface area contributed by atoms with Crippen molar-refractivity contribution in [3.05, 3.63) is 18.2 Å². The first-order chi connectivity index (χ1) is 6.24. The Morgan fingerprint density at radius 3 is 2.54 bits per heavy atom. The highest BCUT2D eigenvalue weighted by Gasteiger charge is 2.25. The number of nitrogens with zero attached hydrogens (tertiary/aromatic N) is 2. The van der Waals surface area contributed by atoms with Gasteiger partial charge in [0.25, 0.3) is 0 Å². The van der Waals surface area contributed by atoms with Gasteiger partial charge in [0.2, 0.25) is 5.95 Å². The van der Waals surface area contributed by atoms with E-state index in [9.17, 15) is 4.39 Å². The number of anilines is 1. The van der Waals surface area contributed by atoms with Crippen LogP contribution in [0.5, 0.6) is 0 Å². The van der Waals surface area contributed by atoms with Gasteiger partial charge in [-0.1, -0.05) is 6.92 Å². The zero-order valence-corrected chi connectivity index (χ0v) is 7.50. The van der Waals surface area contributed by atoms with Gasteiger partial charge in [-0.05, 0) is 18.8 Å². The summed E-state index contributed by atoms with van der Waals surface area (Å²) in [5, 5.41) is 3.15. The van der Waals surface area contributed by atoms with Gasteiger partial charge in [0.15, 0.2) is 5.82 Å².